The fourth-order valence-corrected chi connectivity index (χ4v) is 8.74. The summed E-state index contributed by atoms with van der Waals surface area (Å²) in [6, 6.07) is 7.08. The molecule has 0 aromatic heterocycles. The molecule has 6 atom stereocenters. The zero-order chi connectivity index (χ0) is 36.9. The summed E-state index contributed by atoms with van der Waals surface area (Å²) in [5, 5.41) is 23.5. The molecule has 4 aliphatic carbocycles. The van der Waals surface area contributed by atoms with Gasteiger partial charge in [-0.25, -0.2) is 0 Å². The van der Waals surface area contributed by atoms with Crippen LogP contribution in [0.5, 0.6) is 23.0 Å². The minimum atomic E-state index is -0.720. The van der Waals surface area contributed by atoms with Crippen molar-refractivity contribution in [2.24, 2.45) is 11.8 Å². The molecule has 8 rings (SSSR count). The molecule has 0 amide bonds. The Balaban J connectivity index is 0.000000162. The van der Waals surface area contributed by atoms with Gasteiger partial charge in [0.05, 0.1) is 35.9 Å². The fourth-order valence-electron chi connectivity index (χ4n) is 8.74. The highest BCUT2D eigenvalue weighted by Crippen LogP contribution is 2.60. The van der Waals surface area contributed by atoms with Crippen molar-refractivity contribution in [1.82, 2.24) is 0 Å². The van der Waals surface area contributed by atoms with E-state index in [1.54, 1.807) is 62.8 Å². The number of nitrogens with zero attached hydrogens (tertiary/aromatic N) is 2. The maximum atomic E-state index is 12.1. The summed E-state index contributed by atoms with van der Waals surface area (Å²) in [6.07, 6.45) is 9.65. The fraction of sp³-hybridized carbons (Fsp3) is 0.421. The highest BCUT2D eigenvalue weighted by Gasteiger charge is 2.57. The first-order valence-electron chi connectivity index (χ1n) is 17.2. The number of methoxy groups -OCH3 is 2. The number of ketones is 2. The summed E-state index contributed by atoms with van der Waals surface area (Å²) in [5.41, 5.74) is 1.80. The van der Waals surface area contributed by atoms with Gasteiger partial charge in [0.1, 0.15) is 0 Å². The third kappa shape index (κ3) is 5.48. The second kappa shape index (κ2) is 13.3. The van der Waals surface area contributed by atoms with Crippen molar-refractivity contribution in [2.45, 2.75) is 62.9 Å². The van der Waals surface area contributed by atoms with Gasteiger partial charge in [-0.05, 0) is 49.3 Å². The summed E-state index contributed by atoms with van der Waals surface area (Å²) in [6.45, 7) is 4.63. The first-order valence-corrected chi connectivity index (χ1v) is 17.2. The Kier molecular flexibility index (Phi) is 8.99. The molecular formula is C38H38N2O12. The lowest BCUT2D eigenvalue weighted by molar-refractivity contribution is -0.434. The number of allylic oxidation sites excluding steroid dienone is 6. The van der Waals surface area contributed by atoms with Crippen LogP contribution >= 0.6 is 0 Å². The molecule has 14 nitrogen and oxygen atoms in total. The summed E-state index contributed by atoms with van der Waals surface area (Å²) in [5.74, 6) is 0.848. The molecule has 0 saturated carbocycles. The van der Waals surface area contributed by atoms with Crippen molar-refractivity contribution in [1.29, 1.82) is 0 Å². The van der Waals surface area contributed by atoms with E-state index < -0.39 is 35.2 Å². The van der Waals surface area contributed by atoms with E-state index in [1.807, 2.05) is 13.8 Å². The van der Waals surface area contributed by atoms with Crippen LogP contribution in [0, 0.1) is 32.1 Å². The van der Waals surface area contributed by atoms with E-state index >= 15 is 0 Å². The minimum absolute atomic E-state index is 0.0588. The van der Waals surface area contributed by atoms with Gasteiger partial charge in [0, 0.05) is 73.0 Å². The molecule has 0 fully saturated rings. The quantitative estimate of drug-likeness (QED) is 0.241. The van der Waals surface area contributed by atoms with E-state index in [1.165, 1.54) is 12.2 Å². The van der Waals surface area contributed by atoms with Crippen LogP contribution in [0.15, 0.2) is 60.0 Å². The molecule has 2 aromatic rings. The second-order valence-electron chi connectivity index (χ2n) is 13.4. The molecular weight excluding hydrogens is 676 g/mol. The topological polar surface area (TPSA) is 176 Å². The molecule has 0 bridgehead atoms. The number of ether oxygens (including phenoxy) is 6. The minimum Gasteiger partial charge on any atom is -0.493 e. The van der Waals surface area contributed by atoms with Gasteiger partial charge in [-0.3, -0.25) is 29.8 Å². The number of rotatable bonds is 8. The van der Waals surface area contributed by atoms with Crippen LogP contribution in [-0.2, 0) is 29.9 Å². The first-order chi connectivity index (χ1) is 25.0. The molecule has 2 heterocycles. The highest BCUT2D eigenvalue weighted by atomic mass is 16.7. The first kappa shape index (κ1) is 35.1. The van der Waals surface area contributed by atoms with Crippen molar-refractivity contribution in [3.05, 3.63) is 102 Å². The molecule has 14 heteroatoms. The average molecular weight is 715 g/mol. The van der Waals surface area contributed by atoms with E-state index in [0.717, 1.165) is 22.3 Å². The van der Waals surface area contributed by atoms with Crippen molar-refractivity contribution in [3.63, 3.8) is 0 Å². The number of nitro groups is 2. The number of carbonyl (C=O) groups is 2. The van der Waals surface area contributed by atoms with Crippen molar-refractivity contribution in [2.75, 3.05) is 27.4 Å². The lowest BCUT2D eigenvalue weighted by Gasteiger charge is -2.47. The van der Waals surface area contributed by atoms with E-state index in [4.69, 9.17) is 28.4 Å². The Bertz CT molecular complexity index is 1860. The molecule has 0 N–H and O–H groups in total. The Morgan fingerprint density at radius 2 is 1.12 bits per heavy atom. The van der Waals surface area contributed by atoms with Crippen molar-refractivity contribution < 1.29 is 47.9 Å². The molecule has 0 saturated heterocycles. The van der Waals surface area contributed by atoms with E-state index in [0.29, 0.717) is 49.1 Å². The number of hydrogen-bond donors (Lipinski definition) is 0. The van der Waals surface area contributed by atoms with Gasteiger partial charge < -0.3 is 28.4 Å². The summed E-state index contributed by atoms with van der Waals surface area (Å²) < 4.78 is 34.4. The summed E-state index contributed by atoms with van der Waals surface area (Å²) in [7, 11) is 3.11. The summed E-state index contributed by atoms with van der Waals surface area (Å²) >= 11 is 0. The van der Waals surface area contributed by atoms with Crippen LogP contribution in [0.1, 0.15) is 61.8 Å². The largest absolute Gasteiger partial charge is 0.493 e. The van der Waals surface area contributed by atoms with Gasteiger partial charge in [0.2, 0.25) is 12.6 Å². The van der Waals surface area contributed by atoms with Crippen molar-refractivity contribution >= 4 is 23.7 Å². The molecule has 2 aliphatic heterocycles. The number of benzene rings is 2. The standard InChI is InChI=1S/2C19H19NO6/c2*1-3-25-16-10-19-7-6-12(21)9-13(19)14(20(22)23)8-11-4-5-15(24-2)18(26-16)17(11)19/h2*4-8,13,16H,3,9-10H2,1-2H3/t13?,16-,19+;13?,16-,19-/m01/s1. The maximum absolute atomic E-state index is 12.1. The van der Waals surface area contributed by atoms with Gasteiger partial charge in [-0.15, -0.1) is 0 Å². The third-order valence-corrected chi connectivity index (χ3v) is 10.8. The molecule has 0 radical (unpaired) electrons. The van der Waals surface area contributed by atoms with Crippen molar-refractivity contribution in [3.8, 4) is 23.0 Å². The number of hydrogen-bond acceptors (Lipinski definition) is 12. The Labute approximate surface area is 298 Å². The SMILES string of the molecule is CCO[C@@H]1C[C@]23C=CC(=O)CC2C([N+](=O)[O-])=Cc2ccc(OC)c(c23)O1.CCO[C@H]1C[C@]23C=CC(=O)CC2C([N+](=O)[O-])=Cc2ccc(OC)c(c23)O1. The second-order valence-corrected chi connectivity index (χ2v) is 13.4. The third-order valence-electron chi connectivity index (χ3n) is 10.8. The zero-order valence-electron chi connectivity index (χ0n) is 29.1. The Morgan fingerprint density at radius 1 is 0.712 bits per heavy atom. The molecule has 272 valence electrons. The van der Waals surface area contributed by atoms with Gasteiger partial charge in [0.25, 0.3) is 11.4 Å². The summed E-state index contributed by atoms with van der Waals surface area (Å²) in [4.78, 5) is 46.8. The molecule has 6 aliphatic rings. The average Bonchev–Trinajstić information content (AvgIpc) is 3.12. The van der Waals surface area contributed by atoms with Crippen LogP contribution in [-0.4, -0.2) is 61.4 Å². The van der Waals surface area contributed by atoms with Crippen LogP contribution in [0.4, 0.5) is 0 Å². The van der Waals surface area contributed by atoms with E-state index in [-0.39, 0.29) is 45.6 Å². The molecule has 52 heavy (non-hydrogen) atoms. The van der Waals surface area contributed by atoms with Crippen LogP contribution in [0.2, 0.25) is 0 Å². The zero-order valence-corrected chi connectivity index (χ0v) is 29.1. The van der Waals surface area contributed by atoms with E-state index in [9.17, 15) is 29.8 Å². The monoisotopic (exact) mass is 714 g/mol. The van der Waals surface area contributed by atoms with Crippen LogP contribution in [0.25, 0.3) is 12.2 Å². The van der Waals surface area contributed by atoms with Gasteiger partial charge in [0.15, 0.2) is 34.6 Å². The lowest BCUT2D eigenvalue weighted by Crippen LogP contribution is -2.49. The predicted octanol–water partition coefficient (Wildman–Crippen LogP) is 5.71. The smallest absolute Gasteiger partial charge is 0.251 e. The highest BCUT2D eigenvalue weighted by molar-refractivity contribution is 5.93. The van der Waals surface area contributed by atoms with Crippen LogP contribution < -0.4 is 18.9 Å². The molecule has 2 spiro atoms. The van der Waals surface area contributed by atoms with Gasteiger partial charge >= 0.3 is 0 Å². The normalized spacial score (nSPS) is 28.5. The Hall–Kier alpha value is -5.34. The number of carbonyl (C=O) groups excluding carboxylic acids is 2. The van der Waals surface area contributed by atoms with Gasteiger partial charge in [-0.2, -0.15) is 0 Å². The Morgan fingerprint density at radius 3 is 1.46 bits per heavy atom. The molecule has 2 unspecified atom stereocenters. The van der Waals surface area contributed by atoms with E-state index in [2.05, 4.69) is 0 Å². The van der Waals surface area contributed by atoms with Gasteiger partial charge in [-0.1, -0.05) is 24.3 Å². The lowest BCUT2D eigenvalue weighted by atomic mass is 9.58. The predicted molar refractivity (Wildman–Crippen MR) is 185 cm³/mol. The molecule has 2 aromatic carbocycles. The van der Waals surface area contributed by atoms with Crippen LogP contribution in [0.3, 0.4) is 0 Å². The maximum Gasteiger partial charge on any atom is 0.251 e.